The minimum absolute atomic E-state index is 0.122. The molecule has 1 N–H and O–H groups in total. The number of pyridine rings is 1. The first-order valence-corrected chi connectivity index (χ1v) is 6.30. The number of nitrogens with one attached hydrogen (secondary N) is 1. The molecule has 2 aromatic rings. The summed E-state index contributed by atoms with van der Waals surface area (Å²) in [4.78, 5) is 15.6. The minimum atomic E-state index is -4.37. The number of hydrogen-bond acceptors (Lipinski definition) is 2. The summed E-state index contributed by atoms with van der Waals surface area (Å²) in [5.41, 5.74) is 0.178. The second kappa shape index (κ2) is 6.13. The van der Waals surface area contributed by atoms with Crippen LogP contribution >= 0.6 is 11.6 Å². The molecule has 0 bridgehead atoms. The highest BCUT2D eigenvalue weighted by atomic mass is 35.5. The summed E-state index contributed by atoms with van der Waals surface area (Å²) in [7, 11) is 0. The molecule has 0 aliphatic heterocycles. The van der Waals surface area contributed by atoms with Gasteiger partial charge >= 0.3 is 6.18 Å². The SMILES string of the molecule is O=C(NCc1ccc(C(F)(F)F)cc1)c1ccnc(Cl)c1. The molecule has 1 aromatic heterocycles. The molecule has 0 fully saturated rings. The topological polar surface area (TPSA) is 42.0 Å². The van der Waals surface area contributed by atoms with E-state index in [1.54, 1.807) is 0 Å². The van der Waals surface area contributed by atoms with Crippen molar-refractivity contribution in [2.75, 3.05) is 0 Å². The lowest BCUT2D eigenvalue weighted by Crippen LogP contribution is -2.22. The molecule has 0 atom stereocenters. The molecule has 110 valence electrons. The number of benzene rings is 1. The Balaban J connectivity index is 1.98. The standard InChI is InChI=1S/C14H10ClF3N2O/c15-12-7-10(5-6-19-12)13(21)20-8-9-1-3-11(4-2-9)14(16,17)18/h1-7H,8H2,(H,20,21). The van der Waals surface area contributed by atoms with E-state index in [0.29, 0.717) is 11.1 Å². The maximum absolute atomic E-state index is 12.4. The van der Waals surface area contributed by atoms with Gasteiger partial charge < -0.3 is 5.32 Å². The Morgan fingerprint density at radius 1 is 1.19 bits per heavy atom. The van der Waals surface area contributed by atoms with Crippen molar-refractivity contribution >= 4 is 17.5 Å². The molecular formula is C14H10ClF3N2O. The number of amides is 1. The summed E-state index contributed by atoms with van der Waals surface area (Å²) < 4.78 is 37.2. The number of rotatable bonds is 3. The van der Waals surface area contributed by atoms with Crippen molar-refractivity contribution in [1.29, 1.82) is 0 Å². The molecule has 1 aromatic carbocycles. The van der Waals surface area contributed by atoms with E-state index in [0.717, 1.165) is 12.1 Å². The van der Waals surface area contributed by atoms with Crippen molar-refractivity contribution in [3.05, 3.63) is 64.4 Å². The third-order valence-corrected chi connectivity index (χ3v) is 2.93. The van der Waals surface area contributed by atoms with Crippen molar-refractivity contribution in [1.82, 2.24) is 10.3 Å². The van der Waals surface area contributed by atoms with Crippen LogP contribution in [0.2, 0.25) is 5.15 Å². The van der Waals surface area contributed by atoms with Crippen LogP contribution in [0.5, 0.6) is 0 Å². The Labute approximate surface area is 123 Å². The number of aromatic nitrogens is 1. The zero-order valence-corrected chi connectivity index (χ0v) is 11.4. The molecule has 7 heteroatoms. The van der Waals surface area contributed by atoms with E-state index in [1.165, 1.54) is 30.5 Å². The van der Waals surface area contributed by atoms with Gasteiger partial charge in [0.2, 0.25) is 0 Å². The smallest absolute Gasteiger partial charge is 0.348 e. The van der Waals surface area contributed by atoms with Gasteiger partial charge in [-0.1, -0.05) is 23.7 Å². The molecule has 0 radical (unpaired) electrons. The Kier molecular flexibility index (Phi) is 4.47. The van der Waals surface area contributed by atoms with Crippen molar-refractivity contribution in [2.45, 2.75) is 12.7 Å². The van der Waals surface area contributed by atoms with Crippen LogP contribution in [0.1, 0.15) is 21.5 Å². The number of hydrogen-bond donors (Lipinski definition) is 1. The van der Waals surface area contributed by atoms with E-state index in [1.807, 2.05) is 0 Å². The summed E-state index contributed by atoms with van der Waals surface area (Å²) in [6.45, 7) is 0.122. The molecule has 0 saturated carbocycles. The number of nitrogens with zero attached hydrogens (tertiary/aromatic N) is 1. The molecule has 0 unspecified atom stereocenters. The zero-order chi connectivity index (χ0) is 15.5. The highest BCUT2D eigenvalue weighted by Crippen LogP contribution is 2.29. The fraction of sp³-hybridized carbons (Fsp3) is 0.143. The lowest BCUT2D eigenvalue weighted by Gasteiger charge is -2.08. The number of carbonyl (C=O) groups is 1. The van der Waals surface area contributed by atoms with Gasteiger partial charge in [-0.05, 0) is 29.8 Å². The van der Waals surface area contributed by atoms with E-state index in [9.17, 15) is 18.0 Å². The minimum Gasteiger partial charge on any atom is -0.348 e. The summed E-state index contributed by atoms with van der Waals surface area (Å²) >= 11 is 5.67. The summed E-state index contributed by atoms with van der Waals surface area (Å²) in [6.07, 6.45) is -2.97. The van der Waals surface area contributed by atoms with Crippen LogP contribution in [0.25, 0.3) is 0 Å². The molecule has 1 amide bonds. The van der Waals surface area contributed by atoms with Crippen LogP contribution in [0.3, 0.4) is 0 Å². The third-order valence-electron chi connectivity index (χ3n) is 2.72. The van der Waals surface area contributed by atoms with Gasteiger partial charge in [0, 0.05) is 18.3 Å². The van der Waals surface area contributed by atoms with Crippen LogP contribution in [0, 0.1) is 0 Å². The summed E-state index contributed by atoms with van der Waals surface area (Å²) in [5.74, 6) is -0.376. The molecule has 0 saturated heterocycles. The zero-order valence-electron chi connectivity index (χ0n) is 10.6. The van der Waals surface area contributed by atoms with Crippen molar-refractivity contribution in [3.63, 3.8) is 0 Å². The Morgan fingerprint density at radius 3 is 2.43 bits per heavy atom. The predicted molar refractivity (Wildman–Crippen MR) is 71.9 cm³/mol. The van der Waals surface area contributed by atoms with E-state index in [4.69, 9.17) is 11.6 Å². The number of alkyl halides is 3. The monoisotopic (exact) mass is 314 g/mol. The van der Waals surface area contributed by atoms with Gasteiger partial charge in [-0.15, -0.1) is 0 Å². The number of carbonyl (C=O) groups excluding carboxylic acids is 1. The van der Waals surface area contributed by atoms with Gasteiger partial charge in [0.15, 0.2) is 0 Å². The molecule has 0 aliphatic rings. The third kappa shape index (κ3) is 4.19. The normalized spacial score (nSPS) is 11.2. The summed E-state index contributed by atoms with van der Waals surface area (Å²) in [6, 6.07) is 7.50. The first-order valence-electron chi connectivity index (χ1n) is 5.92. The lowest BCUT2D eigenvalue weighted by molar-refractivity contribution is -0.137. The van der Waals surface area contributed by atoms with Crippen LogP contribution < -0.4 is 5.32 Å². The second-order valence-electron chi connectivity index (χ2n) is 4.24. The van der Waals surface area contributed by atoms with Crippen LogP contribution in [-0.2, 0) is 12.7 Å². The molecule has 0 aliphatic carbocycles. The maximum atomic E-state index is 12.4. The molecule has 2 rings (SSSR count). The second-order valence-corrected chi connectivity index (χ2v) is 4.63. The highest BCUT2D eigenvalue weighted by molar-refractivity contribution is 6.29. The van der Waals surface area contributed by atoms with Crippen LogP contribution in [0.4, 0.5) is 13.2 Å². The van der Waals surface area contributed by atoms with Crippen molar-refractivity contribution in [2.24, 2.45) is 0 Å². The van der Waals surface area contributed by atoms with E-state index in [2.05, 4.69) is 10.3 Å². The fourth-order valence-corrected chi connectivity index (χ4v) is 1.81. The Hall–Kier alpha value is -2.08. The predicted octanol–water partition coefficient (Wildman–Crippen LogP) is 3.68. The van der Waals surface area contributed by atoms with Crippen LogP contribution in [0.15, 0.2) is 42.6 Å². The lowest BCUT2D eigenvalue weighted by atomic mass is 10.1. The Bertz CT molecular complexity index is 641. The van der Waals surface area contributed by atoms with Gasteiger partial charge in [-0.25, -0.2) is 4.98 Å². The van der Waals surface area contributed by atoms with Gasteiger partial charge in [0.05, 0.1) is 5.56 Å². The van der Waals surface area contributed by atoms with Gasteiger partial charge in [0.1, 0.15) is 5.15 Å². The first-order chi connectivity index (χ1) is 9.86. The van der Waals surface area contributed by atoms with Gasteiger partial charge in [-0.3, -0.25) is 4.79 Å². The summed E-state index contributed by atoms with van der Waals surface area (Å²) in [5, 5.41) is 2.79. The molecule has 0 spiro atoms. The highest BCUT2D eigenvalue weighted by Gasteiger charge is 2.29. The quantitative estimate of drug-likeness (QED) is 0.878. The average molecular weight is 315 g/mol. The van der Waals surface area contributed by atoms with Gasteiger partial charge in [-0.2, -0.15) is 13.2 Å². The van der Waals surface area contributed by atoms with Crippen molar-refractivity contribution < 1.29 is 18.0 Å². The largest absolute Gasteiger partial charge is 0.416 e. The fourth-order valence-electron chi connectivity index (χ4n) is 1.64. The van der Waals surface area contributed by atoms with Crippen molar-refractivity contribution in [3.8, 4) is 0 Å². The van der Waals surface area contributed by atoms with E-state index in [-0.39, 0.29) is 17.6 Å². The first kappa shape index (κ1) is 15.3. The average Bonchev–Trinajstić information content (AvgIpc) is 2.44. The molecule has 21 heavy (non-hydrogen) atoms. The van der Waals surface area contributed by atoms with E-state index >= 15 is 0 Å². The molecular weight excluding hydrogens is 305 g/mol. The maximum Gasteiger partial charge on any atom is 0.416 e. The molecule has 3 nitrogen and oxygen atoms in total. The molecule has 1 heterocycles. The van der Waals surface area contributed by atoms with Gasteiger partial charge in [0.25, 0.3) is 5.91 Å². The van der Waals surface area contributed by atoms with Crippen LogP contribution in [-0.4, -0.2) is 10.9 Å². The number of halogens is 4. The Morgan fingerprint density at radius 2 is 1.86 bits per heavy atom. The van der Waals surface area contributed by atoms with E-state index < -0.39 is 11.7 Å².